The van der Waals surface area contributed by atoms with E-state index in [-0.39, 0.29) is 5.75 Å². The van der Waals surface area contributed by atoms with Crippen LogP contribution in [-0.4, -0.2) is 57.3 Å². The maximum Gasteiger partial charge on any atom is 0.459 e. The molecule has 0 spiro atoms. The summed E-state index contributed by atoms with van der Waals surface area (Å²) in [4.78, 5) is 37.4. The van der Waals surface area contributed by atoms with Gasteiger partial charge in [0.25, 0.3) is 5.56 Å². The highest BCUT2D eigenvalue weighted by molar-refractivity contribution is 7.52. The monoisotopic (exact) mass is 547 g/mol. The summed E-state index contributed by atoms with van der Waals surface area (Å²) < 4.78 is 64.6. The highest BCUT2D eigenvalue weighted by atomic mass is 31.2. The van der Waals surface area contributed by atoms with Crippen molar-refractivity contribution in [3.8, 4) is 5.75 Å². The molecule has 204 valence electrons. The molecule has 0 aliphatic carbocycles. The molecular weight excluding hydrogens is 519 g/mol. The van der Waals surface area contributed by atoms with E-state index >= 15 is 4.39 Å². The fraction of sp³-hybridized carbons (Fsp3) is 0.500. The number of H-pyrrole nitrogens is 1. The minimum absolute atomic E-state index is 0.110. The lowest BCUT2D eigenvalue weighted by atomic mass is 9.98. The molecular formula is C22H28F2N3O9P. The SMILES string of the molecule is CC(C)OC(=O)[C@@H](C)N[P@](=O)(OC[C@H]1O[C@@H](n2cc(F)c(=O)[nH]c2=O)[C@](C)(F)[C@@H]1O)Oc1ccccc1. The number of benzene rings is 1. The van der Waals surface area contributed by atoms with Crippen molar-refractivity contribution in [3.05, 3.63) is 63.2 Å². The summed E-state index contributed by atoms with van der Waals surface area (Å²) in [5.41, 5.74) is -5.14. The number of esters is 1. The van der Waals surface area contributed by atoms with Gasteiger partial charge in [0, 0.05) is 0 Å². The summed E-state index contributed by atoms with van der Waals surface area (Å²) in [6, 6.07) is 6.66. The van der Waals surface area contributed by atoms with Crippen LogP contribution in [-0.2, 0) is 23.4 Å². The summed E-state index contributed by atoms with van der Waals surface area (Å²) in [5, 5.41) is 13.0. The van der Waals surface area contributed by atoms with Crippen LogP contribution < -0.4 is 20.9 Å². The zero-order chi connectivity index (χ0) is 27.5. The van der Waals surface area contributed by atoms with Gasteiger partial charge in [0.15, 0.2) is 11.9 Å². The molecule has 37 heavy (non-hydrogen) atoms. The molecule has 2 heterocycles. The normalized spacial score (nSPS) is 26.0. The van der Waals surface area contributed by atoms with Crippen LogP contribution in [0.4, 0.5) is 8.78 Å². The second kappa shape index (κ2) is 11.2. The van der Waals surface area contributed by atoms with Gasteiger partial charge in [-0.25, -0.2) is 13.8 Å². The standard InChI is InChI=1S/C22H28F2N3O9P/c1-12(2)34-19(30)13(3)26-37(32,36-14-8-6-5-7-9-14)33-11-16-17(28)22(4,24)20(35-16)27-10-15(23)18(29)25-21(27)31/h5-10,12-13,16-17,20,28H,11H2,1-4H3,(H,26,32)(H,25,29,31)/t13-,16-,17-,20-,22-,37+/m1/s1. The quantitative estimate of drug-likeness (QED) is 0.296. The first kappa shape index (κ1) is 28.7. The predicted octanol–water partition coefficient (Wildman–Crippen LogP) is 1.80. The Morgan fingerprint density at radius 3 is 2.57 bits per heavy atom. The number of carbonyl (C=O) groups is 1. The number of hydrogen-bond acceptors (Lipinski definition) is 9. The first-order chi connectivity index (χ1) is 17.2. The molecule has 1 aliphatic heterocycles. The number of carbonyl (C=O) groups excluding carboxylic acids is 1. The summed E-state index contributed by atoms with van der Waals surface area (Å²) >= 11 is 0. The highest BCUT2D eigenvalue weighted by Crippen LogP contribution is 2.47. The largest absolute Gasteiger partial charge is 0.462 e. The lowest BCUT2D eigenvalue weighted by Gasteiger charge is -2.25. The molecule has 0 bridgehead atoms. The number of nitrogens with one attached hydrogen (secondary N) is 2. The molecule has 1 fully saturated rings. The number of halogens is 2. The van der Waals surface area contributed by atoms with E-state index in [0.29, 0.717) is 10.8 Å². The van der Waals surface area contributed by atoms with Crippen molar-refractivity contribution < 1.29 is 41.8 Å². The van der Waals surface area contributed by atoms with Crippen molar-refractivity contribution in [1.82, 2.24) is 14.6 Å². The van der Waals surface area contributed by atoms with E-state index in [1.165, 1.54) is 19.1 Å². The van der Waals surface area contributed by atoms with E-state index in [2.05, 4.69) is 5.09 Å². The number of aliphatic hydroxyl groups is 1. The lowest BCUT2D eigenvalue weighted by molar-refractivity contribution is -0.149. The molecule has 1 aliphatic rings. The minimum Gasteiger partial charge on any atom is -0.462 e. The third-order valence-electron chi connectivity index (χ3n) is 5.33. The van der Waals surface area contributed by atoms with Crippen LogP contribution in [0.5, 0.6) is 5.75 Å². The fourth-order valence-electron chi connectivity index (χ4n) is 3.49. The maximum atomic E-state index is 15.4. The Hall–Kier alpha value is -2.90. The number of aliphatic hydroxyl groups excluding tert-OH is 1. The van der Waals surface area contributed by atoms with Gasteiger partial charge in [0.1, 0.15) is 24.0 Å². The summed E-state index contributed by atoms with van der Waals surface area (Å²) in [7, 11) is -4.37. The zero-order valence-corrected chi connectivity index (χ0v) is 21.3. The molecule has 1 saturated heterocycles. The van der Waals surface area contributed by atoms with Crippen molar-refractivity contribution in [2.45, 2.75) is 63.9 Å². The number of hydrogen-bond donors (Lipinski definition) is 3. The second-order valence-electron chi connectivity index (χ2n) is 8.80. The van der Waals surface area contributed by atoms with Crippen LogP contribution in [0.1, 0.15) is 33.9 Å². The third kappa shape index (κ3) is 6.70. The Labute approximate surface area is 210 Å². The average Bonchev–Trinajstić information content (AvgIpc) is 3.03. The Morgan fingerprint density at radius 2 is 1.95 bits per heavy atom. The van der Waals surface area contributed by atoms with Gasteiger partial charge in [0.2, 0.25) is 5.82 Å². The van der Waals surface area contributed by atoms with Gasteiger partial charge in [-0.15, -0.1) is 0 Å². The summed E-state index contributed by atoms with van der Waals surface area (Å²) in [6.45, 7) is 4.79. The van der Waals surface area contributed by atoms with E-state index in [1.54, 1.807) is 37.0 Å². The van der Waals surface area contributed by atoms with E-state index in [1.807, 2.05) is 0 Å². The molecule has 0 saturated carbocycles. The molecule has 1 aromatic heterocycles. The van der Waals surface area contributed by atoms with Crippen molar-refractivity contribution in [2.24, 2.45) is 0 Å². The van der Waals surface area contributed by atoms with Crippen LogP contribution in [0.3, 0.4) is 0 Å². The number of para-hydroxylation sites is 1. The predicted molar refractivity (Wildman–Crippen MR) is 125 cm³/mol. The Bertz CT molecular complexity index is 1270. The van der Waals surface area contributed by atoms with Crippen LogP contribution in [0.15, 0.2) is 46.1 Å². The first-order valence-corrected chi connectivity index (χ1v) is 12.8. The molecule has 15 heteroatoms. The van der Waals surface area contributed by atoms with E-state index in [0.717, 1.165) is 6.92 Å². The average molecular weight is 547 g/mol. The molecule has 12 nitrogen and oxygen atoms in total. The van der Waals surface area contributed by atoms with Gasteiger partial charge in [-0.1, -0.05) is 18.2 Å². The van der Waals surface area contributed by atoms with E-state index in [4.69, 9.17) is 18.5 Å². The van der Waals surface area contributed by atoms with Crippen LogP contribution in [0.2, 0.25) is 0 Å². The van der Waals surface area contributed by atoms with Crippen molar-refractivity contribution in [3.63, 3.8) is 0 Å². The van der Waals surface area contributed by atoms with Crippen molar-refractivity contribution in [1.29, 1.82) is 0 Å². The molecule has 0 amide bonds. The summed E-state index contributed by atoms with van der Waals surface area (Å²) in [5.74, 6) is -2.01. The molecule has 0 radical (unpaired) electrons. The minimum atomic E-state index is -4.37. The molecule has 6 atom stereocenters. The van der Waals surface area contributed by atoms with Crippen LogP contribution in [0.25, 0.3) is 0 Å². The third-order valence-corrected chi connectivity index (χ3v) is 6.97. The van der Waals surface area contributed by atoms with Crippen LogP contribution >= 0.6 is 7.75 Å². The van der Waals surface area contributed by atoms with Gasteiger partial charge >= 0.3 is 19.4 Å². The number of aromatic amines is 1. The zero-order valence-electron chi connectivity index (χ0n) is 20.4. The Morgan fingerprint density at radius 1 is 1.30 bits per heavy atom. The number of alkyl halides is 1. The van der Waals surface area contributed by atoms with Gasteiger partial charge in [0.05, 0.1) is 18.9 Å². The van der Waals surface area contributed by atoms with Crippen molar-refractivity contribution in [2.75, 3.05) is 6.61 Å². The molecule has 2 aromatic rings. The van der Waals surface area contributed by atoms with Gasteiger partial charge < -0.3 is 19.1 Å². The second-order valence-corrected chi connectivity index (χ2v) is 10.5. The number of aromatic nitrogens is 2. The fourth-order valence-corrected chi connectivity index (χ4v) is 4.99. The van der Waals surface area contributed by atoms with Crippen molar-refractivity contribution >= 4 is 13.7 Å². The number of rotatable bonds is 10. The lowest BCUT2D eigenvalue weighted by Crippen LogP contribution is -2.44. The van der Waals surface area contributed by atoms with Gasteiger partial charge in [-0.05, 0) is 39.8 Å². The van der Waals surface area contributed by atoms with Gasteiger partial charge in [-0.2, -0.15) is 9.48 Å². The number of nitrogens with zero attached hydrogens (tertiary/aromatic N) is 1. The first-order valence-electron chi connectivity index (χ1n) is 11.2. The number of ether oxygens (including phenoxy) is 2. The Balaban J connectivity index is 1.82. The topological polar surface area (TPSA) is 158 Å². The van der Waals surface area contributed by atoms with Crippen LogP contribution in [0, 0.1) is 5.82 Å². The maximum absolute atomic E-state index is 15.4. The molecule has 0 unspecified atom stereocenters. The Kier molecular flexibility index (Phi) is 8.70. The van der Waals surface area contributed by atoms with Gasteiger partial charge in [-0.3, -0.25) is 23.7 Å². The van der Waals surface area contributed by atoms with E-state index in [9.17, 15) is 28.4 Å². The summed E-state index contributed by atoms with van der Waals surface area (Å²) in [6.07, 6.45) is -5.32. The molecule has 1 aromatic carbocycles. The molecule has 3 rings (SSSR count). The van der Waals surface area contributed by atoms with E-state index < -0.39 is 73.6 Å². The molecule has 3 N–H and O–H groups in total. The highest BCUT2D eigenvalue weighted by Gasteiger charge is 2.56. The smallest absolute Gasteiger partial charge is 0.459 e.